The van der Waals surface area contributed by atoms with Crippen LogP contribution in [-0.4, -0.2) is 64.8 Å². The second-order valence-electron chi connectivity index (χ2n) is 7.15. The van der Waals surface area contributed by atoms with E-state index in [0.717, 1.165) is 0 Å². The molecular weight excluding hydrogens is 452 g/mol. The predicted octanol–water partition coefficient (Wildman–Crippen LogP) is 1.48. The number of rotatable bonds is 10. The van der Waals surface area contributed by atoms with E-state index in [0.29, 0.717) is 17.1 Å². The molecule has 2 heterocycles. The summed E-state index contributed by atoms with van der Waals surface area (Å²) in [5, 5.41) is 30.0. The van der Waals surface area contributed by atoms with Crippen LogP contribution in [0.1, 0.15) is 12.6 Å². The minimum atomic E-state index is -3.56. The second kappa shape index (κ2) is 10.8. The van der Waals surface area contributed by atoms with Crippen molar-refractivity contribution in [2.24, 2.45) is 0 Å². The molecule has 0 saturated carbocycles. The van der Waals surface area contributed by atoms with Crippen molar-refractivity contribution in [3.63, 3.8) is 0 Å². The Morgan fingerprint density at radius 3 is 2.48 bits per heavy atom. The molecule has 0 aliphatic rings. The largest absolute Gasteiger partial charge is 0.395 e. The quantitative estimate of drug-likeness (QED) is 0.287. The fourth-order valence-corrected chi connectivity index (χ4v) is 3.79. The predicted molar refractivity (Wildman–Crippen MR) is 121 cm³/mol. The molecule has 176 valence electrons. The summed E-state index contributed by atoms with van der Waals surface area (Å²) in [6.45, 7) is 1.12. The Morgan fingerprint density at radius 1 is 1.09 bits per heavy atom. The monoisotopic (exact) mass is 476 g/mol. The first kappa shape index (κ1) is 24.1. The number of hydrogen-bond donors (Lipinski definition) is 5. The molecule has 0 saturated heterocycles. The average molecular weight is 477 g/mol. The van der Waals surface area contributed by atoms with E-state index in [1.807, 2.05) is 0 Å². The Labute approximate surface area is 190 Å². The highest BCUT2D eigenvalue weighted by molar-refractivity contribution is 7.90. The van der Waals surface area contributed by atoms with E-state index >= 15 is 0 Å². The second-order valence-corrected chi connectivity index (χ2v) is 9.34. The van der Waals surface area contributed by atoms with Crippen molar-refractivity contribution in [3.05, 3.63) is 48.4 Å². The number of aromatic nitrogens is 3. The number of carbonyl (C=O) groups excluding carboxylic acids is 1. The molecule has 0 aliphatic carbocycles. The highest BCUT2D eigenvalue weighted by atomic mass is 32.2. The number of hydrogen-bond acceptors (Lipinski definition) is 10. The van der Waals surface area contributed by atoms with Gasteiger partial charge in [-0.2, -0.15) is 0 Å². The summed E-state index contributed by atoms with van der Waals surface area (Å²) in [7, 11) is -3.56. The molecule has 33 heavy (non-hydrogen) atoms. The molecule has 0 spiro atoms. The first-order valence-electron chi connectivity index (χ1n) is 9.93. The lowest BCUT2D eigenvalue weighted by Gasteiger charge is -2.14. The van der Waals surface area contributed by atoms with E-state index < -0.39 is 22.5 Å². The van der Waals surface area contributed by atoms with Crippen LogP contribution in [0.25, 0.3) is 11.4 Å². The Bertz CT molecular complexity index is 1170. The van der Waals surface area contributed by atoms with E-state index in [1.54, 1.807) is 31.2 Å². The average Bonchev–Trinajstić information content (AvgIpc) is 3.26. The van der Waals surface area contributed by atoms with Crippen LogP contribution in [0, 0.1) is 0 Å². The summed E-state index contributed by atoms with van der Waals surface area (Å²) in [6, 6.07) is 8.79. The molecule has 0 bridgehead atoms. The third-order valence-corrected chi connectivity index (χ3v) is 5.84. The number of urea groups is 1. The van der Waals surface area contributed by atoms with Gasteiger partial charge in [0.25, 0.3) is 0 Å². The Balaban J connectivity index is 1.81. The standard InChI is InChI=1S/C20H24N6O6S/c1-13(11-28)21-18-10-16(12-33(30,31)9-7-27)22-19(24-18)14-2-4-15(5-3-14)23-20(29)25-17-6-8-32-26-17/h2-6,8,10,13,27-28H,7,9,11-12H2,1H3,(H,21,22,24)(H2,23,25,26,29)/t13-/m0/s1. The number of sulfone groups is 1. The number of aliphatic hydroxyl groups is 2. The van der Waals surface area contributed by atoms with Crippen molar-refractivity contribution in [1.82, 2.24) is 15.1 Å². The van der Waals surface area contributed by atoms with Gasteiger partial charge in [0.1, 0.15) is 12.1 Å². The summed E-state index contributed by atoms with van der Waals surface area (Å²) in [4.78, 5) is 20.8. The van der Waals surface area contributed by atoms with Gasteiger partial charge >= 0.3 is 6.03 Å². The Hall–Kier alpha value is -3.55. The van der Waals surface area contributed by atoms with Crippen molar-refractivity contribution < 1.29 is 27.9 Å². The summed E-state index contributed by atoms with van der Waals surface area (Å²) in [5.41, 5.74) is 1.32. The van der Waals surface area contributed by atoms with E-state index in [4.69, 9.17) is 5.11 Å². The van der Waals surface area contributed by atoms with Gasteiger partial charge in [0, 0.05) is 29.4 Å². The van der Waals surface area contributed by atoms with E-state index in [-0.39, 0.29) is 41.5 Å². The van der Waals surface area contributed by atoms with Crippen LogP contribution >= 0.6 is 0 Å². The molecule has 2 amide bonds. The van der Waals surface area contributed by atoms with Crippen LogP contribution in [0.15, 0.2) is 47.2 Å². The van der Waals surface area contributed by atoms with Crippen LogP contribution < -0.4 is 16.0 Å². The minimum absolute atomic E-state index is 0.145. The number of anilines is 3. The van der Waals surface area contributed by atoms with Gasteiger partial charge < -0.3 is 25.4 Å². The van der Waals surface area contributed by atoms with Gasteiger partial charge in [-0.15, -0.1) is 0 Å². The third kappa shape index (κ3) is 7.24. The maximum atomic E-state index is 12.2. The van der Waals surface area contributed by atoms with E-state index in [1.165, 1.54) is 18.4 Å². The fourth-order valence-electron chi connectivity index (χ4n) is 2.77. The number of carbonyl (C=O) groups is 1. The molecule has 1 aromatic carbocycles. The zero-order chi connectivity index (χ0) is 23.8. The third-order valence-electron chi connectivity index (χ3n) is 4.30. The van der Waals surface area contributed by atoms with Gasteiger partial charge in [0.05, 0.1) is 30.4 Å². The minimum Gasteiger partial charge on any atom is -0.395 e. The van der Waals surface area contributed by atoms with Crippen LogP contribution in [0.4, 0.5) is 22.1 Å². The van der Waals surface area contributed by atoms with Crippen molar-refractivity contribution in [2.75, 3.05) is 34.9 Å². The van der Waals surface area contributed by atoms with Gasteiger partial charge in [-0.3, -0.25) is 5.32 Å². The summed E-state index contributed by atoms with van der Waals surface area (Å²) < 4.78 is 29.0. The van der Waals surface area contributed by atoms with Gasteiger partial charge in [-0.1, -0.05) is 5.16 Å². The van der Waals surface area contributed by atoms with Crippen molar-refractivity contribution in [1.29, 1.82) is 0 Å². The van der Waals surface area contributed by atoms with E-state index in [9.17, 15) is 18.3 Å². The lowest BCUT2D eigenvalue weighted by atomic mass is 10.2. The van der Waals surface area contributed by atoms with Gasteiger partial charge in [0.2, 0.25) is 0 Å². The van der Waals surface area contributed by atoms with Crippen molar-refractivity contribution >= 4 is 33.2 Å². The highest BCUT2D eigenvalue weighted by Crippen LogP contribution is 2.22. The number of nitrogens with zero attached hydrogens (tertiary/aromatic N) is 3. The lowest BCUT2D eigenvalue weighted by Crippen LogP contribution is -2.21. The Kier molecular flexibility index (Phi) is 7.92. The van der Waals surface area contributed by atoms with Crippen molar-refractivity contribution in [2.45, 2.75) is 18.7 Å². The normalized spacial score (nSPS) is 12.2. The molecule has 3 rings (SSSR count). The molecular formula is C20H24N6O6S. The van der Waals surface area contributed by atoms with Crippen LogP contribution in [0.3, 0.4) is 0 Å². The summed E-state index contributed by atoms with van der Waals surface area (Å²) in [5.74, 6) is 0.136. The molecule has 0 aliphatic heterocycles. The van der Waals surface area contributed by atoms with Crippen LogP contribution in [0.5, 0.6) is 0 Å². The zero-order valence-corrected chi connectivity index (χ0v) is 18.5. The number of aliphatic hydroxyl groups excluding tert-OH is 2. The molecule has 0 fully saturated rings. The SMILES string of the molecule is C[C@@H](CO)Nc1cc(CS(=O)(=O)CCO)nc(-c2ccc(NC(=O)Nc3ccon3)cc2)n1. The summed E-state index contributed by atoms with van der Waals surface area (Å²) in [6.07, 6.45) is 1.33. The smallest absolute Gasteiger partial charge is 0.324 e. The first-order chi connectivity index (χ1) is 15.8. The molecule has 5 N–H and O–H groups in total. The van der Waals surface area contributed by atoms with Crippen LogP contribution in [0.2, 0.25) is 0 Å². The first-order valence-corrected chi connectivity index (χ1v) is 11.8. The Morgan fingerprint density at radius 2 is 1.85 bits per heavy atom. The fraction of sp³-hybridized carbons (Fsp3) is 0.300. The number of nitrogens with one attached hydrogen (secondary N) is 3. The lowest BCUT2D eigenvalue weighted by molar-refractivity contribution is 0.262. The van der Waals surface area contributed by atoms with Crippen molar-refractivity contribution in [3.8, 4) is 11.4 Å². The van der Waals surface area contributed by atoms with E-state index in [2.05, 4.69) is 35.6 Å². The van der Waals surface area contributed by atoms with Crippen LogP contribution in [-0.2, 0) is 15.6 Å². The number of benzene rings is 1. The summed E-state index contributed by atoms with van der Waals surface area (Å²) >= 11 is 0. The molecule has 12 nitrogen and oxygen atoms in total. The van der Waals surface area contributed by atoms with Gasteiger partial charge in [-0.25, -0.2) is 23.2 Å². The topological polar surface area (TPSA) is 180 Å². The molecule has 13 heteroatoms. The maximum absolute atomic E-state index is 12.2. The number of amides is 2. The van der Waals surface area contributed by atoms with Gasteiger partial charge in [-0.05, 0) is 31.2 Å². The molecule has 0 radical (unpaired) electrons. The maximum Gasteiger partial charge on any atom is 0.324 e. The molecule has 1 atom stereocenters. The molecule has 3 aromatic rings. The molecule has 0 unspecified atom stereocenters. The molecule has 2 aromatic heterocycles. The zero-order valence-electron chi connectivity index (χ0n) is 17.7. The van der Waals surface area contributed by atoms with Gasteiger partial charge in [0.15, 0.2) is 21.5 Å². The highest BCUT2D eigenvalue weighted by Gasteiger charge is 2.16.